The van der Waals surface area contributed by atoms with E-state index in [2.05, 4.69) is 0 Å². The van der Waals surface area contributed by atoms with Crippen LogP contribution in [-0.2, 0) is 9.59 Å². The van der Waals surface area contributed by atoms with Crippen LogP contribution in [0.4, 0.5) is 0 Å². The first-order valence-corrected chi connectivity index (χ1v) is 2.70. The predicted molar refractivity (Wildman–Crippen MR) is 43.3 cm³/mol. The van der Waals surface area contributed by atoms with E-state index in [-0.39, 0.29) is 52.9 Å². The van der Waals surface area contributed by atoms with Gasteiger partial charge in [-0.1, -0.05) is 0 Å². The monoisotopic (exact) mass is 249 g/mol. The third-order valence-corrected chi connectivity index (χ3v) is 0.962. The molecule has 1 atom stereocenters. The Balaban J connectivity index is -0.000000405. The number of halogens is 1. The van der Waals surface area contributed by atoms with Crippen molar-refractivity contribution in [1.29, 1.82) is 0 Å². The topological polar surface area (TPSA) is 106 Å². The van der Waals surface area contributed by atoms with Gasteiger partial charge in [-0.05, 0) is 12.8 Å². The summed E-state index contributed by atoms with van der Waals surface area (Å²) in [6, 6.07) is -1.21. The predicted octanol–water partition coefficient (Wildman–Crippen LogP) is -3.21. The van der Waals surface area contributed by atoms with Crippen molar-refractivity contribution >= 4 is 52.0 Å². The summed E-state index contributed by atoms with van der Waals surface area (Å²) in [5, 5.41) is 19.6. The first-order chi connectivity index (χ1) is 4.54. The Morgan fingerprint density at radius 1 is 1.33 bits per heavy atom. The van der Waals surface area contributed by atoms with E-state index < -0.39 is 18.0 Å². The minimum absolute atomic E-state index is 0. The van der Waals surface area contributed by atoms with Gasteiger partial charge in [0.05, 0.1) is 5.97 Å². The summed E-state index contributed by atoms with van der Waals surface area (Å²) in [6.07, 6.45) is -0.500. The zero-order valence-corrected chi connectivity index (χ0v) is 9.44. The van der Waals surface area contributed by atoms with Crippen molar-refractivity contribution in [2.24, 2.45) is 5.73 Å². The molecule has 0 aliphatic rings. The summed E-state index contributed by atoms with van der Waals surface area (Å²) in [5.41, 5.74) is 4.91. The van der Waals surface area contributed by atoms with Gasteiger partial charge in [0.1, 0.15) is 0 Å². The first kappa shape index (κ1) is 18.0. The molecule has 0 aromatic carbocycles. The second kappa shape index (κ2) is 9.24. The number of carboxylic acid groups (broad SMARTS) is 2. The van der Waals surface area contributed by atoms with Crippen LogP contribution in [0.5, 0.6) is 0 Å². The van der Waals surface area contributed by atoms with E-state index in [1.807, 2.05) is 0 Å². The fourth-order valence-corrected chi connectivity index (χ4v) is 0.391. The van der Waals surface area contributed by atoms with Gasteiger partial charge in [0.15, 0.2) is 0 Å². The Morgan fingerprint density at radius 2 is 1.75 bits per heavy atom. The summed E-state index contributed by atoms with van der Waals surface area (Å²) in [5.74, 6) is -2.75. The van der Waals surface area contributed by atoms with E-state index in [4.69, 9.17) is 5.73 Å². The molecule has 1 unspecified atom stereocenters. The van der Waals surface area contributed by atoms with Crippen LogP contribution in [0.25, 0.3) is 0 Å². The van der Waals surface area contributed by atoms with Crippen LogP contribution in [0.2, 0.25) is 0 Å². The molecule has 2 N–H and O–H groups in total. The molecule has 0 heterocycles. The average Bonchev–Trinajstić information content (AvgIpc) is 1.82. The molecule has 0 fully saturated rings. The minimum Gasteiger partial charge on any atom is -0.550 e. The molecule has 0 saturated heterocycles. The van der Waals surface area contributed by atoms with E-state index in [0.29, 0.717) is 0 Å². The van der Waals surface area contributed by atoms with Crippen LogP contribution >= 0.6 is 17.0 Å². The van der Waals surface area contributed by atoms with Gasteiger partial charge in [-0.25, -0.2) is 0 Å². The van der Waals surface area contributed by atoms with E-state index in [1.54, 1.807) is 0 Å². The van der Waals surface area contributed by atoms with Gasteiger partial charge in [0.2, 0.25) is 0 Å². The molecule has 0 bridgehead atoms. The molecular formula is C5H8BrMgNO4. The molecule has 0 aliphatic carbocycles. The van der Waals surface area contributed by atoms with Gasteiger partial charge in [0.25, 0.3) is 0 Å². The Labute approximate surface area is 96.2 Å². The zero-order chi connectivity index (χ0) is 8.15. The van der Waals surface area contributed by atoms with Gasteiger partial charge < -0.3 is 25.5 Å². The number of carbonyl (C=O) groups excluding carboxylic acids is 2. The van der Waals surface area contributed by atoms with E-state index in [1.165, 1.54) is 0 Å². The number of carboxylic acids is 2. The molecule has 0 amide bonds. The van der Waals surface area contributed by atoms with Crippen LogP contribution in [0.3, 0.4) is 0 Å². The summed E-state index contributed by atoms with van der Waals surface area (Å²) >= 11 is 0. The summed E-state index contributed by atoms with van der Waals surface area (Å²) in [6.45, 7) is 0. The number of aliphatic carboxylic acids is 2. The molecule has 5 nitrogen and oxygen atoms in total. The maximum atomic E-state index is 9.86. The standard InChI is InChI=1S/C5H9NO4.BrH.Mg/c6-3(5(9)10)1-2-4(7)8;;/h3H,1-2,6H2,(H,7,8)(H,9,10);1H;/q;;+2/p-2. The summed E-state index contributed by atoms with van der Waals surface area (Å²) < 4.78 is 0. The fourth-order valence-electron chi connectivity index (χ4n) is 0.391. The molecule has 0 aliphatic heterocycles. The van der Waals surface area contributed by atoms with Crippen LogP contribution in [0.15, 0.2) is 0 Å². The third kappa shape index (κ3) is 10.1. The maximum absolute atomic E-state index is 9.86. The SMILES string of the molecule is Br.NC(CCC(=O)[O-])C(=O)[O-].[Mg+2]. The summed E-state index contributed by atoms with van der Waals surface area (Å²) in [7, 11) is 0. The van der Waals surface area contributed by atoms with Crippen molar-refractivity contribution in [3.8, 4) is 0 Å². The number of hydrogen-bond donors (Lipinski definition) is 1. The summed E-state index contributed by atoms with van der Waals surface area (Å²) in [4.78, 5) is 19.6. The quantitative estimate of drug-likeness (QED) is 0.529. The molecule has 0 saturated carbocycles. The largest absolute Gasteiger partial charge is 2.00 e. The Bertz CT molecular complexity index is 154. The van der Waals surface area contributed by atoms with Gasteiger partial charge in [-0.2, -0.15) is 0 Å². The van der Waals surface area contributed by atoms with Crippen LogP contribution in [0.1, 0.15) is 12.8 Å². The van der Waals surface area contributed by atoms with Crippen LogP contribution < -0.4 is 15.9 Å². The maximum Gasteiger partial charge on any atom is 2.00 e. The number of carbonyl (C=O) groups is 2. The van der Waals surface area contributed by atoms with E-state index >= 15 is 0 Å². The molecular weight excluding hydrogens is 242 g/mol. The number of hydrogen-bond acceptors (Lipinski definition) is 5. The normalized spacial score (nSPS) is 10.4. The van der Waals surface area contributed by atoms with Crippen molar-refractivity contribution in [3.05, 3.63) is 0 Å². The van der Waals surface area contributed by atoms with Crippen LogP contribution in [-0.4, -0.2) is 41.0 Å². The minimum atomic E-state index is -1.44. The number of nitrogens with two attached hydrogens (primary N) is 1. The second-order valence-electron chi connectivity index (χ2n) is 1.84. The van der Waals surface area contributed by atoms with E-state index in [9.17, 15) is 19.8 Å². The molecule has 0 spiro atoms. The molecule has 0 aromatic heterocycles. The third-order valence-electron chi connectivity index (χ3n) is 0.962. The second-order valence-corrected chi connectivity index (χ2v) is 1.84. The molecule has 7 heteroatoms. The van der Waals surface area contributed by atoms with Gasteiger partial charge in [-0.3, -0.25) is 0 Å². The van der Waals surface area contributed by atoms with Crippen molar-refractivity contribution in [2.75, 3.05) is 0 Å². The van der Waals surface area contributed by atoms with Crippen molar-refractivity contribution in [1.82, 2.24) is 0 Å². The molecule has 0 radical (unpaired) electrons. The van der Waals surface area contributed by atoms with Crippen molar-refractivity contribution < 1.29 is 19.8 Å². The first-order valence-electron chi connectivity index (χ1n) is 2.70. The zero-order valence-electron chi connectivity index (χ0n) is 6.32. The van der Waals surface area contributed by atoms with Gasteiger partial charge >= 0.3 is 23.1 Å². The molecule has 66 valence electrons. The van der Waals surface area contributed by atoms with Gasteiger partial charge in [0, 0.05) is 12.0 Å². The molecule has 0 rings (SSSR count). The Kier molecular flexibility index (Phi) is 13.9. The molecule has 0 aromatic rings. The van der Waals surface area contributed by atoms with Crippen LogP contribution in [0, 0.1) is 0 Å². The molecule has 12 heavy (non-hydrogen) atoms. The van der Waals surface area contributed by atoms with Gasteiger partial charge in [-0.15, -0.1) is 17.0 Å². The van der Waals surface area contributed by atoms with Crippen molar-refractivity contribution in [3.63, 3.8) is 0 Å². The smallest absolute Gasteiger partial charge is 0.550 e. The average molecular weight is 250 g/mol. The fraction of sp³-hybridized carbons (Fsp3) is 0.600. The van der Waals surface area contributed by atoms with Crippen molar-refractivity contribution in [2.45, 2.75) is 18.9 Å². The van der Waals surface area contributed by atoms with E-state index in [0.717, 1.165) is 0 Å². The Morgan fingerprint density at radius 3 is 2.00 bits per heavy atom. The Hall–Kier alpha value is 0.146. The number of rotatable bonds is 4.